The maximum atomic E-state index is 14.1. The molecule has 0 aliphatic carbocycles. The molecule has 7 N–H and O–H groups in total. The summed E-state index contributed by atoms with van der Waals surface area (Å²) in [5.74, 6) is -2.96. The average molecular weight is 1300 g/mol. The number of halogens is 2. The molecule has 30 heteroatoms. The van der Waals surface area contributed by atoms with Gasteiger partial charge in [0, 0.05) is 36.0 Å². The lowest BCUT2D eigenvalue weighted by Gasteiger charge is -2.18. The SMILES string of the molecule is NCCCCC(NC(=O)c1cccc(-n2cc(CNC(=O)CCOCCOCCOCCOCCOCCOCCOCCOCCOCCOCCOCCOCCNC(=O)CCCC[C@@H]3SC[C@@H]4NC(=O)N[C@@H]43)nn2)c1)C(=O)COc1c(F)cccc1F. The summed E-state index contributed by atoms with van der Waals surface area (Å²) in [4.78, 5) is 62.4. The first-order valence-corrected chi connectivity index (χ1v) is 31.9. The van der Waals surface area contributed by atoms with Crippen molar-refractivity contribution in [2.75, 3.05) is 184 Å². The topological polar surface area (TPSA) is 322 Å². The number of benzene rings is 2. The molecule has 90 heavy (non-hydrogen) atoms. The van der Waals surface area contributed by atoms with Gasteiger partial charge in [0.05, 0.1) is 195 Å². The van der Waals surface area contributed by atoms with Crippen molar-refractivity contribution in [3.8, 4) is 11.4 Å². The molecule has 2 fully saturated rings. The molecule has 5 rings (SSSR count). The van der Waals surface area contributed by atoms with Crippen molar-refractivity contribution in [1.29, 1.82) is 0 Å². The summed E-state index contributed by atoms with van der Waals surface area (Å²) in [6, 6.07) is 9.05. The van der Waals surface area contributed by atoms with E-state index in [-0.39, 0.29) is 61.5 Å². The minimum absolute atomic E-state index is 0.0291. The molecule has 0 saturated carbocycles. The zero-order valence-corrected chi connectivity index (χ0v) is 52.3. The molecule has 0 bridgehead atoms. The summed E-state index contributed by atoms with van der Waals surface area (Å²) in [6.07, 6.45) is 6.37. The highest BCUT2D eigenvalue weighted by atomic mass is 32.2. The number of urea groups is 1. The Morgan fingerprint density at radius 1 is 0.622 bits per heavy atom. The molecule has 3 heterocycles. The van der Waals surface area contributed by atoms with Crippen LogP contribution in [-0.2, 0) is 77.8 Å². The smallest absolute Gasteiger partial charge is 0.315 e. The van der Waals surface area contributed by atoms with E-state index in [1.54, 1.807) is 30.5 Å². The van der Waals surface area contributed by atoms with Crippen molar-refractivity contribution in [2.45, 2.75) is 81.3 Å². The molecule has 2 aliphatic heterocycles. The van der Waals surface area contributed by atoms with E-state index < -0.39 is 41.7 Å². The Labute approximate surface area is 529 Å². The molecule has 506 valence electrons. The lowest BCUT2D eigenvalue weighted by atomic mass is 10.0. The molecule has 0 radical (unpaired) electrons. The van der Waals surface area contributed by atoms with Gasteiger partial charge in [-0.25, -0.2) is 18.3 Å². The van der Waals surface area contributed by atoms with E-state index in [1.165, 1.54) is 10.7 Å². The zero-order chi connectivity index (χ0) is 63.9. The number of ether oxygens (including phenoxy) is 13. The predicted molar refractivity (Wildman–Crippen MR) is 326 cm³/mol. The van der Waals surface area contributed by atoms with E-state index in [4.69, 9.17) is 67.3 Å². The third kappa shape index (κ3) is 33.1. The van der Waals surface area contributed by atoms with Gasteiger partial charge in [-0.3, -0.25) is 19.2 Å². The van der Waals surface area contributed by atoms with Crippen LogP contribution in [0.2, 0.25) is 0 Å². The molecule has 27 nitrogen and oxygen atoms in total. The summed E-state index contributed by atoms with van der Waals surface area (Å²) in [7, 11) is 0. The van der Waals surface area contributed by atoms with Gasteiger partial charge in [0.1, 0.15) is 12.3 Å². The second-order valence-corrected chi connectivity index (χ2v) is 21.7. The van der Waals surface area contributed by atoms with Crippen molar-refractivity contribution in [1.82, 2.24) is 41.6 Å². The Balaban J connectivity index is 0.696. The molecular weight excluding hydrogens is 1200 g/mol. The fourth-order valence-electron chi connectivity index (χ4n) is 8.80. The van der Waals surface area contributed by atoms with Crippen LogP contribution < -0.4 is 37.1 Å². The van der Waals surface area contributed by atoms with Crippen molar-refractivity contribution < 1.29 is 94.3 Å². The van der Waals surface area contributed by atoms with Gasteiger partial charge in [0.2, 0.25) is 11.8 Å². The van der Waals surface area contributed by atoms with Crippen LogP contribution in [0.1, 0.15) is 67.4 Å². The normalized spacial score (nSPS) is 15.5. The van der Waals surface area contributed by atoms with E-state index in [0.29, 0.717) is 201 Å². The fraction of sp³-hybridized carbons (Fsp3) is 0.683. The van der Waals surface area contributed by atoms with Crippen LogP contribution >= 0.6 is 11.8 Å². The molecule has 1 aromatic heterocycles. The standard InChI is InChI=1S/C60H93F2N9O18S/c61-49-9-6-10-50(62)58(49)89-44-53(72)51(11-3-4-15-63)66-59(75)46-7-5-8-48(41-46)71-43-47(69-70-71)42-65-56(74)14-17-77-19-21-79-23-25-81-27-29-83-31-33-85-35-37-87-39-40-88-38-36-86-34-32-84-30-28-82-26-24-80-22-20-78-18-16-64-55(73)13-2-1-12-54-57-52(45-90-54)67-60(76)68-57/h5-10,41,43,51-52,54,57H,1-4,11-40,42,44-45,63H2,(H,64,73)(H,65,74)(H,66,75)(H2,67,68,76)/t51?,52-,54-,57-/m0/s1. The largest absolute Gasteiger partial charge is 0.480 e. The number of nitrogens with two attached hydrogens (primary N) is 1. The minimum atomic E-state index is -0.998. The van der Waals surface area contributed by atoms with Crippen LogP contribution in [0.15, 0.2) is 48.7 Å². The lowest BCUT2D eigenvalue weighted by Crippen LogP contribution is -2.43. The molecular formula is C60H93F2N9O18S. The van der Waals surface area contributed by atoms with E-state index in [9.17, 15) is 32.8 Å². The van der Waals surface area contributed by atoms with E-state index in [1.807, 2.05) is 11.8 Å². The van der Waals surface area contributed by atoms with Gasteiger partial charge in [-0.1, -0.05) is 23.8 Å². The molecule has 2 aliphatic rings. The first-order chi connectivity index (χ1) is 44.1. The minimum Gasteiger partial charge on any atom is -0.480 e. The summed E-state index contributed by atoms with van der Waals surface area (Å²) in [6.45, 7) is 10.4. The highest BCUT2D eigenvalue weighted by Gasteiger charge is 2.42. The van der Waals surface area contributed by atoms with Crippen molar-refractivity contribution in [3.05, 3.63) is 71.6 Å². The molecule has 5 amide bonds. The number of hydrogen-bond donors (Lipinski definition) is 6. The number of thioether (sulfide) groups is 1. The third-order valence-corrected chi connectivity index (χ3v) is 15.0. The molecule has 1 unspecified atom stereocenters. The number of nitrogens with one attached hydrogen (secondary N) is 5. The Morgan fingerprint density at radius 3 is 1.68 bits per heavy atom. The van der Waals surface area contributed by atoms with E-state index in [2.05, 4.69) is 36.9 Å². The number of nitrogens with zero attached hydrogens (tertiary/aromatic N) is 3. The molecule has 3 aromatic rings. The number of rotatable bonds is 57. The fourth-order valence-corrected chi connectivity index (χ4v) is 10.3. The summed E-state index contributed by atoms with van der Waals surface area (Å²) < 4.78 is 101. The number of para-hydroxylation sites is 1. The number of hydrogen-bond acceptors (Lipinski definition) is 22. The van der Waals surface area contributed by atoms with E-state index >= 15 is 0 Å². The zero-order valence-electron chi connectivity index (χ0n) is 51.5. The highest BCUT2D eigenvalue weighted by Crippen LogP contribution is 2.33. The van der Waals surface area contributed by atoms with Gasteiger partial charge in [-0.05, 0) is 69.0 Å². The van der Waals surface area contributed by atoms with Crippen molar-refractivity contribution >= 4 is 41.3 Å². The number of carbonyl (C=O) groups is 5. The molecule has 2 aromatic carbocycles. The number of ketones is 1. The van der Waals surface area contributed by atoms with Crippen molar-refractivity contribution in [3.63, 3.8) is 0 Å². The second-order valence-electron chi connectivity index (χ2n) is 20.4. The van der Waals surface area contributed by atoms with Gasteiger partial charge in [-0.15, -0.1) is 5.10 Å². The number of fused-ring (bicyclic) bond motifs is 1. The monoisotopic (exact) mass is 1300 g/mol. The Hall–Kier alpha value is -5.58. The van der Waals surface area contributed by atoms with Gasteiger partial charge in [-0.2, -0.15) is 11.8 Å². The molecule has 0 spiro atoms. The first kappa shape index (κ1) is 75.1. The highest BCUT2D eigenvalue weighted by molar-refractivity contribution is 8.00. The van der Waals surface area contributed by atoms with Gasteiger partial charge < -0.3 is 93.9 Å². The Morgan fingerprint density at radius 2 is 1.13 bits per heavy atom. The van der Waals surface area contributed by atoms with E-state index in [0.717, 1.165) is 37.1 Å². The quantitative estimate of drug-likeness (QED) is 0.0349. The summed E-state index contributed by atoms with van der Waals surface area (Å²) >= 11 is 1.89. The third-order valence-electron chi connectivity index (χ3n) is 13.5. The average Bonchev–Trinajstić information content (AvgIpc) is 2.04. The number of unbranched alkanes of at least 4 members (excludes halogenated alkanes) is 2. The predicted octanol–water partition coefficient (Wildman–Crippen LogP) is 2.47. The maximum Gasteiger partial charge on any atom is 0.315 e. The summed E-state index contributed by atoms with van der Waals surface area (Å²) in [5, 5.41) is 23.0. The number of amides is 5. The number of Topliss-reactive ketones (excluding diaryl/α,β-unsaturated/α-hetero) is 1. The van der Waals surface area contributed by atoms with Crippen LogP contribution in [-0.4, -0.2) is 252 Å². The first-order valence-electron chi connectivity index (χ1n) is 30.9. The van der Waals surface area contributed by atoms with Crippen LogP contribution in [0.5, 0.6) is 5.75 Å². The van der Waals surface area contributed by atoms with Crippen LogP contribution in [0.3, 0.4) is 0 Å². The number of aromatic nitrogens is 3. The Bertz CT molecular complexity index is 2440. The van der Waals surface area contributed by atoms with Crippen LogP contribution in [0, 0.1) is 11.6 Å². The van der Waals surface area contributed by atoms with Gasteiger partial charge in [0.15, 0.2) is 23.2 Å². The van der Waals surface area contributed by atoms with Crippen LogP contribution in [0.4, 0.5) is 13.6 Å². The second kappa shape index (κ2) is 48.2. The van der Waals surface area contributed by atoms with Gasteiger partial charge in [0.25, 0.3) is 5.91 Å². The maximum absolute atomic E-state index is 14.1. The lowest BCUT2D eigenvalue weighted by molar-refractivity contribution is -0.123. The molecule has 2 saturated heterocycles. The summed E-state index contributed by atoms with van der Waals surface area (Å²) in [5.41, 5.74) is 6.81. The number of carbonyl (C=O) groups excluding carboxylic acids is 5. The van der Waals surface area contributed by atoms with Gasteiger partial charge >= 0.3 is 6.03 Å². The molecule has 4 atom stereocenters. The van der Waals surface area contributed by atoms with Crippen LogP contribution in [0.25, 0.3) is 5.69 Å². The Kier molecular flexibility index (Phi) is 40.2. The van der Waals surface area contributed by atoms with Crippen molar-refractivity contribution in [2.24, 2.45) is 5.73 Å².